The van der Waals surface area contributed by atoms with Crippen LogP contribution in [0.25, 0.3) is 11.4 Å². The predicted molar refractivity (Wildman–Crippen MR) is 106 cm³/mol. The molecule has 27 heavy (non-hydrogen) atoms. The summed E-state index contributed by atoms with van der Waals surface area (Å²) in [5.74, 6) is 0.637. The summed E-state index contributed by atoms with van der Waals surface area (Å²) in [5.41, 5.74) is 3.76. The maximum absolute atomic E-state index is 13.1. The number of hydrogen-bond acceptors (Lipinski definition) is 3. The summed E-state index contributed by atoms with van der Waals surface area (Å²) in [4.78, 5) is 17.7. The monoisotopic (exact) mass is 367 g/mol. The number of aromatic nitrogens is 3. The SMILES string of the molecule is CC(C)=CCN1C[C@@H]2CC[C@H]1CN(C(=O)c1cc(-c3cccn3C)n[nH]1)C2. The van der Waals surface area contributed by atoms with E-state index in [1.165, 1.54) is 18.4 Å². The van der Waals surface area contributed by atoms with Gasteiger partial charge in [-0.15, -0.1) is 0 Å². The van der Waals surface area contributed by atoms with Crippen LogP contribution in [0, 0.1) is 5.92 Å². The van der Waals surface area contributed by atoms with Gasteiger partial charge in [0.05, 0.1) is 5.69 Å². The van der Waals surface area contributed by atoms with Gasteiger partial charge in [-0.3, -0.25) is 14.8 Å². The van der Waals surface area contributed by atoms with Crippen LogP contribution in [0.4, 0.5) is 0 Å². The lowest BCUT2D eigenvalue weighted by Gasteiger charge is -2.35. The lowest BCUT2D eigenvalue weighted by Crippen LogP contribution is -2.44. The van der Waals surface area contributed by atoms with Crippen molar-refractivity contribution in [1.82, 2.24) is 24.6 Å². The van der Waals surface area contributed by atoms with Crippen molar-refractivity contribution in [2.75, 3.05) is 26.2 Å². The van der Waals surface area contributed by atoms with Crippen LogP contribution in [0.3, 0.4) is 0 Å². The summed E-state index contributed by atoms with van der Waals surface area (Å²) in [6, 6.07) is 6.33. The molecule has 0 spiro atoms. The van der Waals surface area contributed by atoms with E-state index in [0.717, 1.165) is 37.6 Å². The minimum atomic E-state index is 0.0731. The molecular weight excluding hydrogens is 338 g/mol. The molecule has 3 fully saturated rings. The summed E-state index contributed by atoms with van der Waals surface area (Å²) in [6.07, 6.45) is 6.69. The van der Waals surface area contributed by atoms with Crippen molar-refractivity contribution in [2.24, 2.45) is 13.0 Å². The molecule has 1 N–H and O–H groups in total. The standard InChI is InChI=1S/C21H29N5O/c1-15(2)8-10-25-12-16-6-7-17(25)14-26(13-16)21(27)19-11-18(22-23-19)20-5-4-9-24(20)3/h4-5,8-9,11,16-17H,6-7,10,12-14H2,1-3H3,(H,22,23)/t16-,17-/m0/s1. The van der Waals surface area contributed by atoms with Gasteiger partial charge in [0.1, 0.15) is 11.4 Å². The van der Waals surface area contributed by atoms with Gasteiger partial charge in [0, 0.05) is 45.5 Å². The molecule has 0 unspecified atom stereocenters. The number of nitrogens with zero attached hydrogens (tertiary/aromatic N) is 4. The average molecular weight is 367 g/mol. The topological polar surface area (TPSA) is 57.2 Å². The first-order chi connectivity index (χ1) is 13.0. The van der Waals surface area contributed by atoms with Crippen molar-refractivity contribution in [3.63, 3.8) is 0 Å². The second kappa shape index (κ2) is 7.35. The molecule has 5 heterocycles. The van der Waals surface area contributed by atoms with Crippen LogP contribution >= 0.6 is 0 Å². The van der Waals surface area contributed by atoms with E-state index in [-0.39, 0.29) is 5.91 Å². The second-order valence-corrected chi connectivity index (χ2v) is 8.21. The van der Waals surface area contributed by atoms with Crippen LogP contribution in [0.5, 0.6) is 0 Å². The Bertz CT molecular complexity index is 844. The van der Waals surface area contributed by atoms with Gasteiger partial charge in [0.25, 0.3) is 5.91 Å². The predicted octanol–water partition coefficient (Wildman–Crippen LogP) is 2.92. The smallest absolute Gasteiger partial charge is 0.271 e. The summed E-state index contributed by atoms with van der Waals surface area (Å²) in [5, 5.41) is 7.33. The average Bonchev–Trinajstić information content (AvgIpc) is 3.19. The quantitative estimate of drug-likeness (QED) is 0.846. The molecule has 2 atom stereocenters. The maximum atomic E-state index is 13.1. The Morgan fingerprint density at radius 2 is 2.15 bits per heavy atom. The molecule has 0 aromatic carbocycles. The van der Waals surface area contributed by atoms with Crippen LogP contribution < -0.4 is 0 Å². The second-order valence-electron chi connectivity index (χ2n) is 8.21. The molecule has 6 nitrogen and oxygen atoms in total. The Morgan fingerprint density at radius 1 is 1.30 bits per heavy atom. The van der Waals surface area contributed by atoms with E-state index in [1.807, 2.05) is 40.9 Å². The zero-order valence-electron chi connectivity index (χ0n) is 16.5. The highest BCUT2D eigenvalue weighted by molar-refractivity contribution is 5.93. The number of amides is 1. The summed E-state index contributed by atoms with van der Waals surface area (Å²) in [6.45, 7) is 8.04. The molecule has 144 valence electrons. The highest BCUT2D eigenvalue weighted by Crippen LogP contribution is 2.29. The molecule has 2 aromatic heterocycles. The Morgan fingerprint density at radius 3 is 2.89 bits per heavy atom. The summed E-state index contributed by atoms with van der Waals surface area (Å²) >= 11 is 0. The van der Waals surface area contributed by atoms with E-state index < -0.39 is 0 Å². The highest BCUT2D eigenvalue weighted by Gasteiger charge is 2.36. The Kier molecular flexibility index (Phi) is 4.91. The number of fused-ring (bicyclic) bond motifs is 4. The fourth-order valence-electron chi connectivity index (χ4n) is 4.33. The van der Waals surface area contributed by atoms with Gasteiger partial charge >= 0.3 is 0 Å². The lowest BCUT2D eigenvalue weighted by atomic mass is 9.95. The molecule has 3 saturated heterocycles. The van der Waals surface area contributed by atoms with E-state index in [4.69, 9.17) is 0 Å². The molecule has 6 heteroatoms. The first kappa shape index (κ1) is 18.0. The van der Waals surface area contributed by atoms with E-state index in [2.05, 4.69) is 35.0 Å². The van der Waals surface area contributed by atoms with Crippen molar-refractivity contribution in [3.05, 3.63) is 41.7 Å². The van der Waals surface area contributed by atoms with E-state index in [9.17, 15) is 4.79 Å². The van der Waals surface area contributed by atoms with Crippen molar-refractivity contribution >= 4 is 5.91 Å². The van der Waals surface area contributed by atoms with Crippen molar-refractivity contribution in [1.29, 1.82) is 0 Å². The van der Waals surface area contributed by atoms with Gasteiger partial charge in [-0.2, -0.15) is 5.10 Å². The molecule has 0 saturated carbocycles. The van der Waals surface area contributed by atoms with E-state index >= 15 is 0 Å². The zero-order valence-corrected chi connectivity index (χ0v) is 16.5. The zero-order chi connectivity index (χ0) is 19.0. The van der Waals surface area contributed by atoms with Crippen LogP contribution in [-0.4, -0.2) is 62.7 Å². The number of hydrogen-bond donors (Lipinski definition) is 1. The molecule has 2 aromatic rings. The van der Waals surface area contributed by atoms with E-state index in [1.54, 1.807) is 0 Å². The first-order valence-electron chi connectivity index (χ1n) is 9.85. The number of H-pyrrole nitrogens is 1. The van der Waals surface area contributed by atoms with Crippen LogP contribution in [0.1, 0.15) is 37.2 Å². The number of aromatic amines is 1. The Labute approximate surface area is 160 Å². The third-order valence-electron chi connectivity index (χ3n) is 5.86. The van der Waals surface area contributed by atoms with Gasteiger partial charge in [-0.25, -0.2) is 0 Å². The molecule has 5 rings (SSSR count). The van der Waals surface area contributed by atoms with Crippen molar-refractivity contribution < 1.29 is 4.79 Å². The first-order valence-corrected chi connectivity index (χ1v) is 9.85. The largest absolute Gasteiger partial charge is 0.349 e. The molecule has 3 aliphatic rings. The minimum absolute atomic E-state index is 0.0731. The highest BCUT2D eigenvalue weighted by atomic mass is 16.2. The number of allylic oxidation sites excluding steroid dienone is 1. The van der Waals surface area contributed by atoms with Crippen LogP contribution in [0.15, 0.2) is 36.0 Å². The summed E-state index contributed by atoms with van der Waals surface area (Å²) in [7, 11) is 1.99. The van der Waals surface area contributed by atoms with Gasteiger partial charge in [-0.05, 0) is 50.8 Å². The van der Waals surface area contributed by atoms with Crippen LogP contribution in [0.2, 0.25) is 0 Å². The number of carbonyl (C=O) groups is 1. The molecular formula is C21H29N5O. The molecule has 0 radical (unpaired) electrons. The van der Waals surface area contributed by atoms with Crippen molar-refractivity contribution in [2.45, 2.75) is 32.7 Å². The molecule has 0 aliphatic carbocycles. The number of piperidine rings is 1. The molecule has 2 bridgehead atoms. The number of nitrogens with one attached hydrogen (secondary N) is 1. The fourth-order valence-corrected chi connectivity index (χ4v) is 4.33. The molecule has 3 aliphatic heterocycles. The normalized spacial score (nSPS) is 22.7. The van der Waals surface area contributed by atoms with Gasteiger partial charge in [-0.1, -0.05) is 11.6 Å². The lowest BCUT2D eigenvalue weighted by molar-refractivity contribution is 0.0734. The van der Waals surface area contributed by atoms with E-state index in [0.29, 0.717) is 17.7 Å². The van der Waals surface area contributed by atoms with Crippen LogP contribution in [-0.2, 0) is 7.05 Å². The van der Waals surface area contributed by atoms with Gasteiger partial charge < -0.3 is 9.47 Å². The summed E-state index contributed by atoms with van der Waals surface area (Å²) < 4.78 is 2.01. The number of aryl methyl sites for hydroxylation is 1. The van der Waals surface area contributed by atoms with Gasteiger partial charge in [0.2, 0.25) is 0 Å². The van der Waals surface area contributed by atoms with Gasteiger partial charge in [0.15, 0.2) is 0 Å². The maximum Gasteiger partial charge on any atom is 0.271 e. The van der Waals surface area contributed by atoms with Crippen molar-refractivity contribution in [3.8, 4) is 11.4 Å². The Hall–Kier alpha value is -2.34. The number of rotatable bonds is 4. The third kappa shape index (κ3) is 3.72. The molecule has 1 amide bonds. The minimum Gasteiger partial charge on any atom is -0.349 e. The fraction of sp³-hybridized carbons (Fsp3) is 0.524. The number of carbonyl (C=O) groups excluding carboxylic acids is 1. The Balaban J connectivity index is 1.49. The third-order valence-corrected chi connectivity index (χ3v) is 5.86.